The van der Waals surface area contributed by atoms with E-state index in [1.165, 1.54) is 77.0 Å². The fourth-order valence-electron chi connectivity index (χ4n) is 2.23. The molecule has 19 heavy (non-hydrogen) atoms. The van der Waals surface area contributed by atoms with Gasteiger partial charge in [0.1, 0.15) is 0 Å². The lowest BCUT2D eigenvalue weighted by Gasteiger charge is -2.03. The fourth-order valence-corrected chi connectivity index (χ4v) is 2.23. The molecule has 0 spiro atoms. The number of allylic oxidation sites excluding steroid dienone is 1. The molecule has 0 fully saturated rings. The van der Waals surface area contributed by atoms with Gasteiger partial charge in [-0.3, -0.25) is 0 Å². The highest BCUT2D eigenvalue weighted by Gasteiger charge is 1.92. The maximum Gasteiger partial charge on any atom is 0.0709 e. The average Bonchev–Trinajstić information content (AvgIpc) is 2.39. The molecule has 0 aromatic carbocycles. The summed E-state index contributed by atoms with van der Waals surface area (Å²) >= 11 is 0. The zero-order valence-electron chi connectivity index (χ0n) is 13.3. The topological polar surface area (TPSA) is 38.0 Å². The summed E-state index contributed by atoms with van der Waals surface area (Å²) in [6, 6.07) is 0. The van der Waals surface area contributed by atoms with Gasteiger partial charge in [0.2, 0.25) is 0 Å². The Kier molecular flexibility index (Phi) is 15.1. The highest BCUT2D eigenvalue weighted by Crippen LogP contribution is 2.11. The maximum atomic E-state index is 5.58. The van der Waals surface area contributed by atoms with Crippen molar-refractivity contribution in [3.8, 4) is 0 Å². The van der Waals surface area contributed by atoms with Gasteiger partial charge in [0.15, 0.2) is 0 Å². The first kappa shape index (κ1) is 18.5. The Morgan fingerprint density at radius 2 is 1.32 bits per heavy atom. The summed E-state index contributed by atoms with van der Waals surface area (Å²) < 4.78 is 0. The molecule has 2 nitrogen and oxygen atoms in total. The molecule has 0 aliphatic carbocycles. The molecule has 0 heterocycles. The molecule has 0 amide bonds. The first-order valence-corrected chi connectivity index (χ1v) is 8.44. The van der Waals surface area contributed by atoms with Crippen LogP contribution in [0.2, 0.25) is 0 Å². The molecular weight excluding hydrogens is 232 g/mol. The lowest BCUT2D eigenvalue weighted by molar-refractivity contribution is 0.550. The second-order valence-electron chi connectivity index (χ2n) is 5.68. The Bertz CT molecular complexity index is 188. The summed E-state index contributed by atoms with van der Waals surface area (Å²) in [5.41, 5.74) is 5.58. The molecule has 1 atom stereocenters. The smallest absolute Gasteiger partial charge is 0.0709 e. The van der Waals surface area contributed by atoms with Crippen molar-refractivity contribution in [2.75, 3.05) is 0 Å². The van der Waals surface area contributed by atoms with E-state index in [1.54, 1.807) is 0 Å². The SMILES string of the molecule is CCCCCCCCCCCCCC=CNC(C)N. The van der Waals surface area contributed by atoms with E-state index in [2.05, 4.69) is 18.3 Å². The van der Waals surface area contributed by atoms with E-state index in [-0.39, 0.29) is 6.17 Å². The molecule has 0 saturated heterocycles. The minimum absolute atomic E-state index is 0.0635. The third-order valence-corrected chi connectivity index (χ3v) is 3.45. The zero-order chi connectivity index (χ0) is 14.2. The largest absolute Gasteiger partial charge is 0.376 e. The molecule has 0 bridgehead atoms. The van der Waals surface area contributed by atoms with Crippen LogP contribution >= 0.6 is 0 Å². The van der Waals surface area contributed by atoms with Crippen molar-refractivity contribution >= 4 is 0 Å². The zero-order valence-corrected chi connectivity index (χ0v) is 13.3. The summed E-state index contributed by atoms with van der Waals surface area (Å²) in [6.07, 6.45) is 20.9. The van der Waals surface area contributed by atoms with E-state index in [0.29, 0.717) is 0 Å². The number of rotatable bonds is 14. The lowest BCUT2D eigenvalue weighted by Crippen LogP contribution is -2.29. The Morgan fingerprint density at radius 1 is 0.842 bits per heavy atom. The van der Waals surface area contributed by atoms with Crippen LogP contribution in [-0.2, 0) is 0 Å². The third-order valence-electron chi connectivity index (χ3n) is 3.45. The van der Waals surface area contributed by atoms with E-state index < -0.39 is 0 Å². The quantitative estimate of drug-likeness (QED) is 0.340. The van der Waals surface area contributed by atoms with Gasteiger partial charge in [-0.05, 0) is 26.0 Å². The second kappa shape index (κ2) is 15.6. The Labute approximate surface area is 121 Å². The van der Waals surface area contributed by atoms with Crippen LogP contribution in [0.25, 0.3) is 0 Å². The summed E-state index contributed by atoms with van der Waals surface area (Å²) in [7, 11) is 0. The summed E-state index contributed by atoms with van der Waals surface area (Å²) in [5, 5.41) is 3.08. The molecule has 114 valence electrons. The van der Waals surface area contributed by atoms with Crippen molar-refractivity contribution in [2.24, 2.45) is 5.73 Å². The molecule has 0 aromatic heterocycles. The third kappa shape index (κ3) is 17.5. The van der Waals surface area contributed by atoms with Gasteiger partial charge in [-0.1, -0.05) is 77.2 Å². The van der Waals surface area contributed by atoms with Crippen LogP contribution in [0, 0.1) is 0 Å². The van der Waals surface area contributed by atoms with Crippen LogP contribution in [0.3, 0.4) is 0 Å². The van der Waals surface area contributed by atoms with Crippen LogP contribution in [0.4, 0.5) is 0 Å². The average molecular weight is 268 g/mol. The van der Waals surface area contributed by atoms with Crippen molar-refractivity contribution in [2.45, 2.75) is 97.1 Å². The highest BCUT2D eigenvalue weighted by molar-refractivity contribution is 4.80. The molecule has 0 aromatic rings. The summed E-state index contributed by atoms with van der Waals surface area (Å²) in [5.74, 6) is 0. The van der Waals surface area contributed by atoms with Crippen LogP contribution < -0.4 is 11.1 Å². The number of hydrogen-bond acceptors (Lipinski definition) is 2. The van der Waals surface area contributed by atoms with Gasteiger partial charge in [0.05, 0.1) is 6.17 Å². The van der Waals surface area contributed by atoms with Crippen molar-refractivity contribution in [1.82, 2.24) is 5.32 Å². The standard InChI is InChI=1S/C17H36N2/c1-3-4-5-6-7-8-9-10-11-12-13-14-15-16-19-17(2)18/h15-17,19H,3-14,18H2,1-2H3. The monoisotopic (exact) mass is 268 g/mol. The van der Waals surface area contributed by atoms with Crippen LogP contribution in [0.5, 0.6) is 0 Å². The molecular formula is C17H36N2. The number of hydrogen-bond donors (Lipinski definition) is 2. The fraction of sp³-hybridized carbons (Fsp3) is 0.882. The number of unbranched alkanes of at least 4 members (excludes halogenated alkanes) is 11. The summed E-state index contributed by atoms with van der Waals surface area (Å²) in [4.78, 5) is 0. The predicted octanol–water partition coefficient (Wildman–Crippen LogP) is 5.10. The normalized spacial score (nSPS) is 13.0. The first-order chi connectivity index (χ1) is 9.27. The van der Waals surface area contributed by atoms with Crippen molar-refractivity contribution < 1.29 is 0 Å². The number of nitrogens with one attached hydrogen (secondary N) is 1. The summed E-state index contributed by atoms with van der Waals surface area (Å²) in [6.45, 7) is 4.23. The van der Waals surface area contributed by atoms with Crippen molar-refractivity contribution in [3.05, 3.63) is 12.3 Å². The van der Waals surface area contributed by atoms with Gasteiger partial charge in [0, 0.05) is 0 Å². The van der Waals surface area contributed by atoms with E-state index in [4.69, 9.17) is 5.73 Å². The van der Waals surface area contributed by atoms with Crippen LogP contribution in [-0.4, -0.2) is 6.17 Å². The van der Waals surface area contributed by atoms with Gasteiger partial charge in [0.25, 0.3) is 0 Å². The maximum absolute atomic E-state index is 5.58. The van der Waals surface area contributed by atoms with Gasteiger partial charge in [-0.2, -0.15) is 0 Å². The van der Waals surface area contributed by atoms with E-state index in [0.717, 1.165) is 0 Å². The van der Waals surface area contributed by atoms with Gasteiger partial charge in [-0.25, -0.2) is 0 Å². The predicted molar refractivity (Wildman–Crippen MR) is 87.0 cm³/mol. The minimum atomic E-state index is 0.0635. The van der Waals surface area contributed by atoms with Gasteiger partial charge in [-0.15, -0.1) is 0 Å². The van der Waals surface area contributed by atoms with Crippen LogP contribution in [0.15, 0.2) is 12.3 Å². The molecule has 0 saturated carbocycles. The number of nitrogens with two attached hydrogens (primary N) is 1. The Morgan fingerprint density at radius 3 is 1.79 bits per heavy atom. The molecule has 0 radical (unpaired) electrons. The Balaban J connectivity index is 3.01. The Hall–Kier alpha value is -0.500. The van der Waals surface area contributed by atoms with E-state index >= 15 is 0 Å². The highest BCUT2D eigenvalue weighted by atomic mass is 15.0. The van der Waals surface area contributed by atoms with E-state index in [9.17, 15) is 0 Å². The lowest BCUT2D eigenvalue weighted by atomic mass is 10.1. The molecule has 2 heteroatoms. The van der Waals surface area contributed by atoms with Gasteiger partial charge >= 0.3 is 0 Å². The van der Waals surface area contributed by atoms with Crippen molar-refractivity contribution in [3.63, 3.8) is 0 Å². The van der Waals surface area contributed by atoms with Gasteiger partial charge < -0.3 is 11.1 Å². The molecule has 3 N–H and O–H groups in total. The van der Waals surface area contributed by atoms with E-state index in [1.807, 2.05) is 13.1 Å². The molecule has 0 rings (SSSR count). The van der Waals surface area contributed by atoms with Crippen molar-refractivity contribution in [1.29, 1.82) is 0 Å². The molecule has 0 aliphatic rings. The first-order valence-electron chi connectivity index (χ1n) is 8.44. The second-order valence-corrected chi connectivity index (χ2v) is 5.68. The van der Waals surface area contributed by atoms with Crippen LogP contribution in [0.1, 0.15) is 90.9 Å². The molecule has 1 unspecified atom stereocenters. The minimum Gasteiger partial charge on any atom is -0.376 e. The molecule has 0 aliphatic heterocycles.